The number of amides is 1. The Morgan fingerprint density at radius 3 is 2.45 bits per heavy atom. The highest BCUT2D eigenvalue weighted by molar-refractivity contribution is 5.93. The predicted molar refractivity (Wildman–Crippen MR) is 73.6 cm³/mol. The van der Waals surface area contributed by atoms with E-state index in [1.54, 1.807) is 13.0 Å². The van der Waals surface area contributed by atoms with E-state index in [4.69, 9.17) is 5.11 Å². The molecule has 1 atom stereocenters. The van der Waals surface area contributed by atoms with E-state index in [2.05, 4.69) is 5.32 Å². The summed E-state index contributed by atoms with van der Waals surface area (Å²) in [7, 11) is 0. The van der Waals surface area contributed by atoms with Crippen LogP contribution in [0.4, 0.5) is 4.39 Å². The largest absolute Gasteiger partial charge is 0.481 e. The second-order valence-corrected chi connectivity index (χ2v) is 4.47. The number of rotatable bonds is 6. The lowest BCUT2D eigenvalue weighted by atomic mass is 10.0. The number of aliphatic carboxylic acids is 1. The summed E-state index contributed by atoms with van der Waals surface area (Å²) >= 11 is 0. The molecule has 0 aliphatic carbocycles. The zero-order valence-electron chi connectivity index (χ0n) is 11.5. The molecule has 0 saturated heterocycles. The number of carboxylic acid groups (broad SMARTS) is 1. The van der Waals surface area contributed by atoms with Gasteiger partial charge in [-0.25, -0.2) is 4.39 Å². The lowest BCUT2D eigenvalue weighted by molar-refractivity contribution is -0.137. The van der Waals surface area contributed by atoms with Gasteiger partial charge >= 0.3 is 5.97 Å². The molecule has 108 valence electrons. The average Bonchev–Trinajstić information content (AvgIpc) is 2.38. The van der Waals surface area contributed by atoms with Gasteiger partial charge in [-0.3, -0.25) is 9.59 Å². The highest BCUT2D eigenvalue weighted by atomic mass is 19.1. The number of carboxylic acids is 1. The highest BCUT2D eigenvalue weighted by Crippen LogP contribution is 2.18. The molecule has 0 saturated carbocycles. The van der Waals surface area contributed by atoms with Crippen LogP contribution in [0.5, 0.6) is 0 Å². The third-order valence-corrected chi connectivity index (χ3v) is 2.82. The van der Waals surface area contributed by atoms with Crippen LogP contribution in [0.1, 0.15) is 38.3 Å². The van der Waals surface area contributed by atoms with E-state index in [-0.39, 0.29) is 12.3 Å². The molecule has 0 radical (unpaired) electrons. The molecule has 0 fully saturated rings. The lowest BCUT2D eigenvalue weighted by Crippen LogP contribution is -2.30. The Morgan fingerprint density at radius 2 is 1.95 bits per heavy atom. The molecule has 2 N–H and O–H groups in total. The first kappa shape index (κ1) is 15.9. The molecule has 5 heteroatoms. The van der Waals surface area contributed by atoms with Gasteiger partial charge in [-0.1, -0.05) is 25.1 Å². The summed E-state index contributed by atoms with van der Waals surface area (Å²) in [5.41, 5.74) is 1.09. The fourth-order valence-electron chi connectivity index (χ4n) is 1.79. The number of carbonyl (C=O) groups is 2. The minimum atomic E-state index is -1.03. The van der Waals surface area contributed by atoms with Gasteiger partial charge in [-0.15, -0.1) is 0 Å². The van der Waals surface area contributed by atoms with Crippen molar-refractivity contribution in [3.8, 4) is 0 Å². The van der Waals surface area contributed by atoms with E-state index < -0.39 is 17.8 Å². The maximum atomic E-state index is 12.9. The molecule has 1 aromatic carbocycles. The summed E-state index contributed by atoms with van der Waals surface area (Å²) in [5, 5.41) is 11.6. The minimum Gasteiger partial charge on any atom is -0.481 e. The first-order valence-electron chi connectivity index (χ1n) is 6.39. The van der Waals surface area contributed by atoms with Crippen LogP contribution in [0.25, 0.3) is 0 Å². The summed E-state index contributed by atoms with van der Waals surface area (Å²) in [6.07, 6.45) is 2.23. The van der Waals surface area contributed by atoms with Crippen LogP contribution in [-0.2, 0) is 9.59 Å². The number of hydrogen-bond acceptors (Lipinski definition) is 2. The van der Waals surface area contributed by atoms with Crippen molar-refractivity contribution in [2.24, 2.45) is 0 Å². The van der Waals surface area contributed by atoms with Crippen molar-refractivity contribution >= 4 is 11.9 Å². The Bertz CT molecular complexity index is 508. The van der Waals surface area contributed by atoms with Crippen LogP contribution < -0.4 is 5.32 Å². The van der Waals surface area contributed by atoms with Gasteiger partial charge in [0.2, 0.25) is 5.91 Å². The van der Waals surface area contributed by atoms with Crippen molar-refractivity contribution in [2.45, 2.75) is 32.7 Å². The lowest BCUT2D eigenvalue weighted by Gasteiger charge is -2.17. The number of carbonyl (C=O) groups excluding carboxylic acids is 1. The molecular formula is C15H18FNO3. The van der Waals surface area contributed by atoms with Gasteiger partial charge in [-0.05, 0) is 31.0 Å². The van der Waals surface area contributed by atoms with Crippen molar-refractivity contribution < 1.29 is 19.1 Å². The SMILES string of the molecule is CC/C=C(\C)C(=O)N[C@H](CC(=O)O)c1ccc(F)cc1. The molecule has 0 unspecified atom stereocenters. The number of halogens is 1. The predicted octanol–water partition coefficient (Wildman–Crippen LogP) is 2.81. The zero-order chi connectivity index (χ0) is 15.1. The molecule has 0 spiro atoms. The first-order valence-corrected chi connectivity index (χ1v) is 6.39. The van der Waals surface area contributed by atoms with Crippen molar-refractivity contribution in [1.29, 1.82) is 0 Å². The third-order valence-electron chi connectivity index (χ3n) is 2.82. The molecule has 1 rings (SSSR count). The Kier molecular flexibility index (Phi) is 5.90. The Hall–Kier alpha value is -2.17. The van der Waals surface area contributed by atoms with E-state index in [1.165, 1.54) is 24.3 Å². The van der Waals surface area contributed by atoms with Crippen LogP contribution in [0, 0.1) is 5.82 Å². The minimum absolute atomic E-state index is 0.253. The molecule has 1 amide bonds. The first-order chi connectivity index (χ1) is 9.43. The summed E-state index contributed by atoms with van der Waals surface area (Å²) < 4.78 is 12.9. The second-order valence-electron chi connectivity index (χ2n) is 4.47. The monoisotopic (exact) mass is 279 g/mol. The molecule has 0 heterocycles. The molecule has 0 bridgehead atoms. The standard InChI is InChI=1S/C15H18FNO3/c1-3-4-10(2)15(20)17-13(9-14(18)19)11-5-7-12(16)8-6-11/h4-8,13H,3,9H2,1-2H3,(H,17,20)(H,18,19)/b10-4+/t13-/m1/s1. The van der Waals surface area contributed by atoms with E-state index in [0.29, 0.717) is 11.1 Å². The fourth-order valence-corrected chi connectivity index (χ4v) is 1.79. The van der Waals surface area contributed by atoms with Gasteiger partial charge in [-0.2, -0.15) is 0 Å². The van der Waals surface area contributed by atoms with Crippen LogP contribution in [0.15, 0.2) is 35.9 Å². The van der Waals surface area contributed by atoms with Gasteiger partial charge in [0.1, 0.15) is 5.82 Å². The smallest absolute Gasteiger partial charge is 0.305 e. The molecule has 4 nitrogen and oxygen atoms in total. The number of allylic oxidation sites excluding steroid dienone is 1. The number of hydrogen-bond donors (Lipinski definition) is 2. The molecule has 0 aromatic heterocycles. The Balaban J connectivity index is 2.90. The highest BCUT2D eigenvalue weighted by Gasteiger charge is 2.18. The zero-order valence-corrected chi connectivity index (χ0v) is 11.5. The van der Waals surface area contributed by atoms with Crippen molar-refractivity contribution in [1.82, 2.24) is 5.32 Å². The second kappa shape index (κ2) is 7.43. The van der Waals surface area contributed by atoms with Crippen LogP contribution in [-0.4, -0.2) is 17.0 Å². The average molecular weight is 279 g/mol. The van der Waals surface area contributed by atoms with E-state index >= 15 is 0 Å². The van der Waals surface area contributed by atoms with E-state index in [0.717, 1.165) is 6.42 Å². The fraction of sp³-hybridized carbons (Fsp3) is 0.333. The van der Waals surface area contributed by atoms with Crippen LogP contribution >= 0.6 is 0 Å². The van der Waals surface area contributed by atoms with Gasteiger partial charge < -0.3 is 10.4 Å². The molecule has 0 aliphatic heterocycles. The summed E-state index contributed by atoms with van der Waals surface area (Å²) in [6, 6.07) is 4.75. The van der Waals surface area contributed by atoms with Gasteiger partial charge in [0.05, 0.1) is 12.5 Å². The van der Waals surface area contributed by atoms with E-state index in [1.807, 2.05) is 6.92 Å². The third kappa shape index (κ3) is 4.84. The summed E-state index contributed by atoms with van der Waals surface area (Å²) in [4.78, 5) is 22.8. The summed E-state index contributed by atoms with van der Waals surface area (Å²) in [6.45, 7) is 3.58. The van der Waals surface area contributed by atoms with Gasteiger partial charge in [0.25, 0.3) is 0 Å². The maximum absolute atomic E-state index is 12.9. The quantitative estimate of drug-likeness (QED) is 0.787. The van der Waals surface area contributed by atoms with Crippen molar-refractivity contribution in [2.75, 3.05) is 0 Å². The van der Waals surface area contributed by atoms with Gasteiger partial charge in [0.15, 0.2) is 0 Å². The molecule has 0 aliphatic rings. The number of nitrogens with one attached hydrogen (secondary N) is 1. The Labute approximate surface area is 117 Å². The summed E-state index contributed by atoms with van der Waals surface area (Å²) in [5.74, 6) is -1.75. The van der Waals surface area contributed by atoms with Crippen molar-refractivity contribution in [3.63, 3.8) is 0 Å². The maximum Gasteiger partial charge on any atom is 0.305 e. The van der Waals surface area contributed by atoms with Gasteiger partial charge in [0, 0.05) is 5.57 Å². The van der Waals surface area contributed by atoms with Crippen LogP contribution in [0.2, 0.25) is 0 Å². The van der Waals surface area contributed by atoms with Crippen LogP contribution in [0.3, 0.4) is 0 Å². The Morgan fingerprint density at radius 1 is 1.35 bits per heavy atom. The van der Waals surface area contributed by atoms with Crippen molar-refractivity contribution in [3.05, 3.63) is 47.3 Å². The normalized spacial score (nSPS) is 12.8. The number of benzene rings is 1. The topological polar surface area (TPSA) is 66.4 Å². The van der Waals surface area contributed by atoms with E-state index in [9.17, 15) is 14.0 Å². The molecular weight excluding hydrogens is 261 g/mol. The molecule has 20 heavy (non-hydrogen) atoms. The molecule has 1 aromatic rings.